The van der Waals surface area contributed by atoms with E-state index in [2.05, 4.69) is 31.7 Å². The van der Waals surface area contributed by atoms with E-state index in [0.29, 0.717) is 10.6 Å². The highest BCUT2D eigenvalue weighted by atomic mass is 35.5. The molecule has 0 saturated heterocycles. The lowest BCUT2D eigenvalue weighted by Gasteiger charge is -2.12. The van der Waals surface area contributed by atoms with Crippen LogP contribution < -0.4 is 21.7 Å². The van der Waals surface area contributed by atoms with Crippen LogP contribution >= 0.6 is 11.6 Å². The number of hydrazine groups is 2. The Balaban J connectivity index is 1.75. The number of nitro groups is 1. The van der Waals surface area contributed by atoms with Gasteiger partial charge < -0.3 is 0 Å². The molecule has 0 fully saturated rings. The summed E-state index contributed by atoms with van der Waals surface area (Å²) >= 11 is 5.85. The minimum atomic E-state index is -0.754. The van der Waals surface area contributed by atoms with Gasteiger partial charge in [-0.1, -0.05) is 35.9 Å². The van der Waals surface area contributed by atoms with Crippen molar-refractivity contribution in [3.05, 3.63) is 86.7 Å². The molecule has 158 valence electrons. The number of carbonyl (C=O) groups excluding carboxylic acids is 2. The summed E-state index contributed by atoms with van der Waals surface area (Å²) in [6, 6.07) is 13.0. The SMILES string of the molecule is Cc1ccccc1C(=O)NNc1ncnc(NNC(=O)c2cccc(Cl)c2)c1[N+](=O)[O-]. The topological polar surface area (TPSA) is 151 Å². The highest BCUT2D eigenvalue weighted by Gasteiger charge is 2.24. The first-order valence-electron chi connectivity index (χ1n) is 8.80. The third-order valence-corrected chi connectivity index (χ3v) is 4.31. The maximum atomic E-state index is 12.3. The molecule has 12 heteroatoms. The van der Waals surface area contributed by atoms with Gasteiger partial charge >= 0.3 is 5.69 Å². The molecule has 0 spiro atoms. The van der Waals surface area contributed by atoms with Crippen molar-refractivity contribution in [1.29, 1.82) is 0 Å². The number of hydrogen-bond acceptors (Lipinski definition) is 8. The Kier molecular flexibility index (Phi) is 6.58. The van der Waals surface area contributed by atoms with E-state index in [1.54, 1.807) is 43.3 Å². The number of benzene rings is 2. The largest absolute Gasteiger partial charge is 0.356 e. The highest BCUT2D eigenvalue weighted by Crippen LogP contribution is 2.27. The van der Waals surface area contributed by atoms with Crippen molar-refractivity contribution in [2.24, 2.45) is 0 Å². The molecule has 0 aliphatic heterocycles. The lowest BCUT2D eigenvalue weighted by Crippen LogP contribution is -2.32. The number of nitrogens with one attached hydrogen (secondary N) is 4. The monoisotopic (exact) mass is 441 g/mol. The van der Waals surface area contributed by atoms with Crippen molar-refractivity contribution < 1.29 is 14.5 Å². The van der Waals surface area contributed by atoms with Gasteiger partial charge in [0.15, 0.2) is 0 Å². The molecule has 0 aliphatic rings. The summed E-state index contributed by atoms with van der Waals surface area (Å²) in [7, 11) is 0. The Hall–Kier alpha value is -4.25. The predicted molar refractivity (Wildman–Crippen MR) is 113 cm³/mol. The van der Waals surface area contributed by atoms with Gasteiger partial charge in [-0.2, -0.15) is 0 Å². The average molecular weight is 442 g/mol. The number of hydrogen-bond donors (Lipinski definition) is 4. The van der Waals surface area contributed by atoms with Gasteiger partial charge in [-0.25, -0.2) is 9.97 Å². The van der Waals surface area contributed by atoms with Crippen molar-refractivity contribution in [3.8, 4) is 0 Å². The van der Waals surface area contributed by atoms with Crippen molar-refractivity contribution in [3.63, 3.8) is 0 Å². The summed E-state index contributed by atoms with van der Waals surface area (Å²) in [6.07, 6.45) is 1.03. The van der Waals surface area contributed by atoms with Gasteiger partial charge in [0.05, 0.1) is 4.92 Å². The van der Waals surface area contributed by atoms with E-state index in [1.807, 2.05) is 0 Å². The standard InChI is InChI=1S/C19H16ClN7O4/c1-11-5-2-3-8-14(11)19(29)26-24-17-15(27(30)31)16(21-10-22-17)23-25-18(28)12-6-4-7-13(20)9-12/h2-10H,1H3,(H,25,28)(H,26,29)(H2,21,22,23,24). The lowest BCUT2D eigenvalue weighted by molar-refractivity contribution is -0.383. The molecule has 0 unspecified atom stereocenters. The first kappa shape index (κ1) is 21.5. The van der Waals surface area contributed by atoms with Crippen molar-refractivity contribution in [1.82, 2.24) is 20.8 Å². The molecule has 0 saturated carbocycles. The minimum Gasteiger partial charge on any atom is -0.276 e. The van der Waals surface area contributed by atoms with Crippen LogP contribution in [0.25, 0.3) is 0 Å². The number of anilines is 2. The molecule has 2 amide bonds. The number of amides is 2. The molecule has 1 aromatic heterocycles. The predicted octanol–water partition coefficient (Wildman–Crippen LogP) is 2.86. The molecule has 31 heavy (non-hydrogen) atoms. The molecule has 0 bridgehead atoms. The van der Waals surface area contributed by atoms with Crippen LogP contribution in [0, 0.1) is 17.0 Å². The van der Waals surface area contributed by atoms with E-state index in [9.17, 15) is 19.7 Å². The van der Waals surface area contributed by atoms with Crippen LogP contribution in [0.1, 0.15) is 26.3 Å². The van der Waals surface area contributed by atoms with E-state index in [1.165, 1.54) is 12.1 Å². The van der Waals surface area contributed by atoms with Crippen LogP contribution in [-0.4, -0.2) is 26.7 Å². The van der Waals surface area contributed by atoms with E-state index in [4.69, 9.17) is 11.6 Å². The van der Waals surface area contributed by atoms with Gasteiger partial charge in [-0.05, 0) is 36.8 Å². The molecule has 0 aliphatic carbocycles. The highest BCUT2D eigenvalue weighted by molar-refractivity contribution is 6.30. The fraction of sp³-hybridized carbons (Fsp3) is 0.0526. The molecular weight excluding hydrogens is 426 g/mol. The second-order valence-electron chi connectivity index (χ2n) is 6.16. The zero-order chi connectivity index (χ0) is 22.4. The van der Waals surface area contributed by atoms with Crippen molar-refractivity contribution >= 4 is 40.7 Å². The Morgan fingerprint density at radius 3 is 2.23 bits per heavy atom. The summed E-state index contributed by atoms with van der Waals surface area (Å²) in [4.78, 5) is 43.0. The maximum Gasteiger partial charge on any atom is 0.356 e. The molecule has 4 N–H and O–H groups in total. The second kappa shape index (κ2) is 9.50. The normalized spacial score (nSPS) is 10.1. The number of rotatable bonds is 7. The number of carbonyl (C=O) groups is 2. The quantitative estimate of drug-likeness (QED) is 0.322. The summed E-state index contributed by atoms with van der Waals surface area (Å²) in [5, 5.41) is 11.9. The summed E-state index contributed by atoms with van der Waals surface area (Å²) in [5.74, 6) is -1.66. The molecule has 11 nitrogen and oxygen atoms in total. The zero-order valence-corrected chi connectivity index (χ0v) is 16.8. The van der Waals surface area contributed by atoms with Crippen LogP contribution in [0.3, 0.4) is 0 Å². The Morgan fingerprint density at radius 2 is 1.61 bits per heavy atom. The summed E-state index contributed by atoms with van der Waals surface area (Å²) < 4.78 is 0. The number of aromatic nitrogens is 2. The third-order valence-electron chi connectivity index (χ3n) is 4.07. The summed E-state index contributed by atoms with van der Waals surface area (Å²) in [5.41, 5.74) is 10.3. The van der Waals surface area contributed by atoms with E-state index >= 15 is 0 Å². The van der Waals surface area contributed by atoms with Crippen molar-refractivity contribution in [2.75, 3.05) is 10.9 Å². The van der Waals surface area contributed by atoms with Gasteiger partial charge in [0, 0.05) is 16.1 Å². The first-order chi connectivity index (χ1) is 14.9. The molecule has 2 aromatic carbocycles. The molecule has 0 atom stereocenters. The number of halogens is 1. The Morgan fingerprint density at radius 1 is 0.968 bits per heavy atom. The van der Waals surface area contributed by atoms with Gasteiger partial charge in [0.25, 0.3) is 11.8 Å². The van der Waals surface area contributed by atoms with E-state index < -0.39 is 22.4 Å². The van der Waals surface area contributed by atoms with E-state index in [0.717, 1.165) is 11.9 Å². The summed E-state index contributed by atoms with van der Waals surface area (Å²) in [6.45, 7) is 1.76. The van der Waals surface area contributed by atoms with Crippen LogP contribution in [0.5, 0.6) is 0 Å². The second-order valence-corrected chi connectivity index (χ2v) is 6.60. The molecular formula is C19H16ClN7O4. The molecule has 0 radical (unpaired) electrons. The molecule has 1 heterocycles. The number of nitrogens with zero attached hydrogens (tertiary/aromatic N) is 3. The molecule has 3 rings (SSSR count). The van der Waals surface area contributed by atoms with Gasteiger partial charge in [-0.15, -0.1) is 0 Å². The maximum absolute atomic E-state index is 12.3. The smallest absolute Gasteiger partial charge is 0.276 e. The third kappa shape index (κ3) is 5.22. The average Bonchev–Trinajstić information content (AvgIpc) is 2.75. The van der Waals surface area contributed by atoms with Crippen molar-refractivity contribution in [2.45, 2.75) is 6.92 Å². The van der Waals surface area contributed by atoms with Gasteiger partial charge in [0.2, 0.25) is 11.6 Å². The Labute approximate surface area is 180 Å². The van der Waals surface area contributed by atoms with Crippen LogP contribution in [0.15, 0.2) is 54.9 Å². The van der Waals surface area contributed by atoms with Gasteiger partial charge in [0.1, 0.15) is 6.33 Å². The fourth-order valence-electron chi connectivity index (χ4n) is 2.56. The minimum absolute atomic E-state index is 0.237. The zero-order valence-electron chi connectivity index (χ0n) is 16.0. The van der Waals surface area contributed by atoms with E-state index in [-0.39, 0.29) is 17.2 Å². The fourth-order valence-corrected chi connectivity index (χ4v) is 2.75. The van der Waals surface area contributed by atoms with Crippen LogP contribution in [0.2, 0.25) is 5.02 Å². The van der Waals surface area contributed by atoms with Crippen LogP contribution in [-0.2, 0) is 0 Å². The molecule has 3 aromatic rings. The lowest BCUT2D eigenvalue weighted by atomic mass is 10.1. The van der Waals surface area contributed by atoms with Crippen LogP contribution in [0.4, 0.5) is 17.3 Å². The van der Waals surface area contributed by atoms with Gasteiger partial charge in [-0.3, -0.25) is 41.4 Å². The first-order valence-corrected chi connectivity index (χ1v) is 9.18. The Bertz CT molecular complexity index is 1160. The number of aryl methyl sites for hydroxylation is 1.